The number of rotatable bonds is 1. The SMILES string of the molecule is CC(=O)N1CC=C(c2c(C)noc2N)CC1. The second kappa shape index (κ2) is 4.00. The molecule has 0 spiro atoms. The van der Waals surface area contributed by atoms with Gasteiger partial charge in [0.2, 0.25) is 11.8 Å². The van der Waals surface area contributed by atoms with Crippen LogP contribution in [0.1, 0.15) is 24.6 Å². The van der Waals surface area contributed by atoms with Crippen LogP contribution in [0, 0.1) is 6.92 Å². The van der Waals surface area contributed by atoms with Crippen LogP contribution in [-0.2, 0) is 4.79 Å². The minimum Gasteiger partial charge on any atom is -0.367 e. The Morgan fingerprint density at radius 1 is 1.62 bits per heavy atom. The number of anilines is 1. The van der Waals surface area contributed by atoms with E-state index in [1.807, 2.05) is 13.0 Å². The summed E-state index contributed by atoms with van der Waals surface area (Å²) in [4.78, 5) is 13.0. The number of nitrogen functional groups attached to an aromatic ring is 1. The van der Waals surface area contributed by atoms with E-state index >= 15 is 0 Å². The van der Waals surface area contributed by atoms with Crippen LogP contribution in [0.3, 0.4) is 0 Å². The van der Waals surface area contributed by atoms with Gasteiger partial charge in [-0.05, 0) is 18.9 Å². The zero-order chi connectivity index (χ0) is 11.7. The van der Waals surface area contributed by atoms with Gasteiger partial charge in [0.15, 0.2) is 0 Å². The average molecular weight is 221 g/mol. The normalized spacial score (nSPS) is 16.1. The predicted molar refractivity (Wildman–Crippen MR) is 60.5 cm³/mol. The molecule has 0 saturated carbocycles. The van der Waals surface area contributed by atoms with E-state index in [4.69, 9.17) is 10.3 Å². The van der Waals surface area contributed by atoms with Crippen LogP contribution in [0.2, 0.25) is 0 Å². The maximum atomic E-state index is 11.2. The van der Waals surface area contributed by atoms with Gasteiger partial charge in [-0.1, -0.05) is 11.2 Å². The highest BCUT2D eigenvalue weighted by atomic mass is 16.5. The van der Waals surface area contributed by atoms with Crippen LogP contribution >= 0.6 is 0 Å². The Hall–Kier alpha value is -1.78. The molecule has 0 aromatic carbocycles. The molecule has 0 unspecified atom stereocenters. The molecule has 5 heteroatoms. The molecule has 0 fully saturated rings. The smallest absolute Gasteiger partial charge is 0.229 e. The average Bonchev–Trinajstić information content (AvgIpc) is 2.59. The number of nitrogens with zero attached hydrogens (tertiary/aromatic N) is 2. The second-order valence-electron chi connectivity index (χ2n) is 3.95. The molecule has 16 heavy (non-hydrogen) atoms. The molecule has 2 rings (SSSR count). The number of aryl methyl sites for hydroxylation is 1. The Balaban J connectivity index is 2.22. The van der Waals surface area contributed by atoms with Crippen molar-refractivity contribution in [1.29, 1.82) is 0 Å². The van der Waals surface area contributed by atoms with Crippen molar-refractivity contribution in [1.82, 2.24) is 10.1 Å². The Labute approximate surface area is 93.9 Å². The minimum absolute atomic E-state index is 0.102. The summed E-state index contributed by atoms with van der Waals surface area (Å²) in [5.41, 5.74) is 8.53. The summed E-state index contributed by atoms with van der Waals surface area (Å²) in [7, 11) is 0. The van der Waals surface area contributed by atoms with E-state index in [1.54, 1.807) is 11.8 Å². The minimum atomic E-state index is 0.102. The number of hydrogen-bond donors (Lipinski definition) is 1. The van der Waals surface area contributed by atoms with Crippen LogP contribution in [0.25, 0.3) is 5.57 Å². The van der Waals surface area contributed by atoms with Crippen molar-refractivity contribution in [3.8, 4) is 0 Å². The first-order chi connectivity index (χ1) is 7.59. The molecular weight excluding hydrogens is 206 g/mol. The molecule has 1 aromatic rings. The number of aromatic nitrogens is 1. The van der Waals surface area contributed by atoms with Gasteiger partial charge < -0.3 is 15.2 Å². The molecule has 0 aliphatic carbocycles. The lowest BCUT2D eigenvalue weighted by molar-refractivity contribution is -0.128. The first-order valence-electron chi connectivity index (χ1n) is 5.26. The van der Waals surface area contributed by atoms with Crippen molar-refractivity contribution in [3.05, 3.63) is 17.3 Å². The highest BCUT2D eigenvalue weighted by Crippen LogP contribution is 2.29. The van der Waals surface area contributed by atoms with Crippen LogP contribution in [0.4, 0.5) is 5.88 Å². The van der Waals surface area contributed by atoms with Gasteiger partial charge in [0.25, 0.3) is 0 Å². The van der Waals surface area contributed by atoms with Crippen molar-refractivity contribution in [2.45, 2.75) is 20.3 Å². The molecule has 2 heterocycles. The Morgan fingerprint density at radius 3 is 2.81 bits per heavy atom. The van der Waals surface area contributed by atoms with Crippen molar-refractivity contribution in [2.75, 3.05) is 18.8 Å². The van der Waals surface area contributed by atoms with E-state index < -0.39 is 0 Å². The molecular formula is C11H15N3O2. The molecule has 0 saturated heterocycles. The fourth-order valence-corrected chi connectivity index (χ4v) is 1.96. The number of nitrogens with two attached hydrogens (primary N) is 1. The van der Waals surface area contributed by atoms with Gasteiger partial charge in [0.1, 0.15) is 0 Å². The van der Waals surface area contributed by atoms with Gasteiger partial charge in [0.05, 0.1) is 11.3 Å². The second-order valence-corrected chi connectivity index (χ2v) is 3.95. The summed E-state index contributed by atoms with van der Waals surface area (Å²) in [5, 5.41) is 3.82. The highest BCUT2D eigenvalue weighted by molar-refractivity contribution is 5.78. The molecule has 0 radical (unpaired) electrons. The summed E-state index contributed by atoms with van der Waals surface area (Å²) in [5.74, 6) is 0.463. The number of carbonyl (C=O) groups excluding carboxylic acids is 1. The third-order valence-corrected chi connectivity index (χ3v) is 2.86. The third-order valence-electron chi connectivity index (χ3n) is 2.86. The van der Waals surface area contributed by atoms with Gasteiger partial charge >= 0.3 is 0 Å². The molecule has 5 nitrogen and oxygen atoms in total. The van der Waals surface area contributed by atoms with E-state index in [-0.39, 0.29) is 5.91 Å². The molecule has 86 valence electrons. The Kier molecular flexibility index (Phi) is 2.68. The van der Waals surface area contributed by atoms with Crippen molar-refractivity contribution >= 4 is 17.4 Å². The molecule has 0 bridgehead atoms. The number of amides is 1. The Bertz CT molecular complexity index is 429. The molecule has 1 aliphatic rings. The first kappa shape index (κ1) is 10.7. The van der Waals surface area contributed by atoms with Gasteiger partial charge in [-0.2, -0.15) is 0 Å². The molecule has 2 N–H and O–H groups in total. The zero-order valence-electron chi connectivity index (χ0n) is 9.49. The fraction of sp³-hybridized carbons (Fsp3) is 0.455. The lowest BCUT2D eigenvalue weighted by Gasteiger charge is -2.25. The third kappa shape index (κ3) is 1.80. The van der Waals surface area contributed by atoms with Crippen LogP contribution in [-0.4, -0.2) is 29.1 Å². The van der Waals surface area contributed by atoms with Gasteiger partial charge in [-0.15, -0.1) is 0 Å². The Morgan fingerprint density at radius 2 is 2.38 bits per heavy atom. The lowest BCUT2D eigenvalue weighted by Crippen LogP contribution is -2.32. The van der Waals surface area contributed by atoms with E-state index in [2.05, 4.69) is 5.16 Å². The van der Waals surface area contributed by atoms with Gasteiger partial charge in [-0.3, -0.25) is 4.79 Å². The van der Waals surface area contributed by atoms with Crippen molar-refractivity contribution in [3.63, 3.8) is 0 Å². The summed E-state index contributed by atoms with van der Waals surface area (Å²) in [6.07, 6.45) is 2.81. The summed E-state index contributed by atoms with van der Waals surface area (Å²) in [6, 6.07) is 0. The van der Waals surface area contributed by atoms with E-state index in [0.717, 1.165) is 29.8 Å². The molecule has 1 amide bonds. The van der Waals surface area contributed by atoms with Crippen LogP contribution in [0.15, 0.2) is 10.6 Å². The zero-order valence-corrected chi connectivity index (χ0v) is 9.49. The highest BCUT2D eigenvalue weighted by Gasteiger charge is 2.20. The fourth-order valence-electron chi connectivity index (χ4n) is 1.96. The summed E-state index contributed by atoms with van der Waals surface area (Å²) < 4.78 is 4.93. The monoisotopic (exact) mass is 221 g/mol. The van der Waals surface area contributed by atoms with Gasteiger partial charge in [0, 0.05) is 20.0 Å². The molecule has 1 aromatic heterocycles. The topological polar surface area (TPSA) is 72.4 Å². The predicted octanol–water partition coefficient (Wildman–Crippen LogP) is 1.20. The van der Waals surface area contributed by atoms with Crippen LogP contribution < -0.4 is 5.73 Å². The van der Waals surface area contributed by atoms with E-state index in [1.165, 1.54) is 0 Å². The lowest BCUT2D eigenvalue weighted by atomic mass is 9.99. The number of carbonyl (C=O) groups is 1. The van der Waals surface area contributed by atoms with E-state index in [9.17, 15) is 4.79 Å². The summed E-state index contributed by atoms with van der Waals surface area (Å²) in [6.45, 7) is 4.81. The quantitative estimate of drug-likeness (QED) is 0.773. The molecule has 1 aliphatic heterocycles. The van der Waals surface area contributed by atoms with Crippen molar-refractivity contribution in [2.24, 2.45) is 0 Å². The largest absolute Gasteiger partial charge is 0.367 e. The summed E-state index contributed by atoms with van der Waals surface area (Å²) >= 11 is 0. The maximum absolute atomic E-state index is 11.2. The maximum Gasteiger partial charge on any atom is 0.229 e. The van der Waals surface area contributed by atoms with Crippen molar-refractivity contribution < 1.29 is 9.32 Å². The first-order valence-corrected chi connectivity index (χ1v) is 5.26. The number of hydrogen-bond acceptors (Lipinski definition) is 4. The molecule has 0 atom stereocenters. The standard InChI is InChI=1S/C11H15N3O2/c1-7-10(11(12)16-13-7)9-3-5-14(6-4-9)8(2)15/h3H,4-6,12H2,1-2H3. The van der Waals surface area contributed by atoms with Crippen LogP contribution in [0.5, 0.6) is 0 Å². The van der Waals surface area contributed by atoms with E-state index in [0.29, 0.717) is 12.4 Å². The van der Waals surface area contributed by atoms with Gasteiger partial charge in [-0.25, -0.2) is 0 Å².